The van der Waals surface area contributed by atoms with E-state index >= 15 is 0 Å². The molecule has 56 heavy (non-hydrogen) atoms. The quantitative estimate of drug-likeness (QED) is 0.124. The van der Waals surface area contributed by atoms with Crippen LogP contribution in [0.5, 0.6) is 0 Å². The molecule has 0 N–H and O–H groups in total. The average Bonchev–Trinajstić information content (AvgIpc) is 3.65. The summed E-state index contributed by atoms with van der Waals surface area (Å²) < 4.78 is 2.25. The Morgan fingerprint density at radius 1 is 0.500 bits per heavy atom. The van der Waals surface area contributed by atoms with Crippen molar-refractivity contribution in [2.45, 2.75) is 6.92 Å². The summed E-state index contributed by atoms with van der Waals surface area (Å²) in [5, 5.41) is 7.32. The van der Waals surface area contributed by atoms with Crippen molar-refractivity contribution >= 4 is 49.4 Å². The summed E-state index contributed by atoms with van der Waals surface area (Å²) in [6.45, 7) is 2.13. The van der Waals surface area contributed by atoms with E-state index in [0.717, 1.165) is 50.4 Å². The maximum absolute atomic E-state index is 5.64. The Kier molecular flexibility index (Phi) is 8.13. The predicted octanol–water partition coefficient (Wildman–Crippen LogP) is 14.1. The number of hydrogen-bond acceptors (Lipinski definition) is 1. The Hall–Kier alpha value is -7.47. The van der Waals surface area contributed by atoms with Gasteiger partial charge in [-0.3, -0.25) is 4.57 Å². The van der Waals surface area contributed by atoms with Gasteiger partial charge in [-0.1, -0.05) is 145 Å². The first kappa shape index (κ1) is 33.1. The van der Waals surface area contributed by atoms with Crippen LogP contribution in [0, 0.1) is 19.3 Å². The molecule has 0 aliphatic rings. The topological polar surface area (TPSA) is 17.8 Å². The number of benzene rings is 9. The third-order valence-corrected chi connectivity index (χ3v) is 11.0. The van der Waals surface area contributed by atoms with Crippen LogP contribution in [0.15, 0.2) is 188 Å². The highest BCUT2D eigenvalue weighted by atomic mass is 15.1. The molecule has 0 fully saturated rings. The first-order valence-electron chi connectivity index (χ1n) is 19.0. The molecule has 2 nitrogen and oxygen atoms in total. The molecule has 0 aliphatic carbocycles. The Morgan fingerprint density at radius 3 is 1.91 bits per heavy atom. The van der Waals surface area contributed by atoms with E-state index in [-0.39, 0.29) is 0 Å². The van der Waals surface area contributed by atoms with Crippen molar-refractivity contribution in [2.24, 2.45) is 0 Å². The summed E-state index contributed by atoms with van der Waals surface area (Å²) in [7, 11) is 0. The molecule has 1 heterocycles. The molecule has 262 valence electrons. The van der Waals surface area contributed by atoms with Gasteiger partial charge in [0.15, 0.2) is 0 Å². The van der Waals surface area contributed by atoms with E-state index in [2.05, 4.69) is 187 Å². The number of nitrogens with zero attached hydrogens (tertiary/aromatic N) is 2. The van der Waals surface area contributed by atoms with Gasteiger partial charge in [0.25, 0.3) is 0 Å². The minimum Gasteiger partial charge on any atom is -0.292 e. The van der Waals surface area contributed by atoms with E-state index in [4.69, 9.17) is 11.4 Å². The number of terminal acetylenes is 1. The van der Waals surface area contributed by atoms with E-state index in [1.807, 2.05) is 18.2 Å². The smallest absolute Gasteiger partial charge is 0.145 e. The molecule has 0 unspecified atom stereocenters. The Morgan fingerprint density at radius 2 is 1.11 bits per heavy atom. The highest BCUT2D eigenvalue weighted by Gasteiger charge is 2.19. The van der Waals surface area contributed by atoms with Gasteiger partial charge in [-0.25, -0.2) is 4.98 Å². The molecule has 0 saturated carbocycles. The van der Waals surface area contributed by atoms with Crippen LogP contribution in [0.4, 0.5) is 0 Å². The molecule has 1 aromatic heterocycles. The van der Waals surface area contributed by atoms with Crippen LogP contribution in [0.2, 0.25) is 0 Å². The van der Waals surface area contributed by atoms with Gasteiger partial charge < -0.3 is 0 Å². The number of aromatic nitrogens is 2. The van der Waals surface area contributed by atoms with Crippen LogP contribution < -0.4 is 0 Å². The fourth-order valence-electron chi connectivity index (χ4n) is 8.31. The molecule has 10 rings (SSSR count). The molecule has 0 amide bonds. The second kappa shape index (κ2) is 13.7. The molecule has 0 aliphatic heterocycles. The lowest BCUT2D eigenvalue weighted by Crippen LogP contribution is -1.97. The number of aryl methyl sites for hydroxylation is 1. The number of fused-ring (bicyclic) bond motifs is 4. The van der Waals surface area contributed by atoms with Crippen LogP contribution >= 0.6 is 0 Å². The zero-order valence-corrected chi connectivity index (χ0v) is 30.9. The van der Waals surface area contributed by atoms with Gasteiger partial charge >= 0.3 is 0 Å². The van der Waals surface area contributed by atoms with Crippen molar-refractivity contribution < 1.29 is 0 Å². The molecular formula is C54H36N2. The molecule has 0 spiro atoms. The average molecular weight is 713 g/mol. The monoisotopic (exact) mass is 712 g/mol. The number of hydrogen-bond donors (Lipinski definition) is 0. The summed E-state index contributed by atoms with van der Waals surface area (Å²) in [5.41, 5.74) is 13.6. The standard InChI is InChI=1S/C54H36N2/c1-3-4-14-40-33-43(24-23-36(40)2)52-46-19-10-11-20-47(46)53(44-30-27-37-15-8-9-16-41(37)34-44)49-35-42(31-32-48(49)52)38-25-28-39(29-26-38)54-55-50-21-12-13-22-51(50)56(54)45-17-6-5-7-18-45/h1,4-35H,2H3/b14-4-. The first-order valence-corrected chi connectivity index (χ1v) is 19.0. The summed E-state index contributed by atoms with van der Waals surface area (Å²) in [4.78, 5) is 5.11. The van der Waals surface area contributed by atoms with Gasteiger partial charge in [-0.15, -0.1) is 6.42 Å². The lowest BCUT2D eigenvalue weighted by molar-refractivity contribution is 1.10. The van der Waals surface area contributed by atoms with Gasteiger partial charge in [0, 0.05) is 11.3 Å². The van der Waals surface area contributed by atoms with Gasteiger partial charge in [-0.05, 0) is 138 Å². The maximum Gasteiger partial charge on any atom is 0.145 e. The molecule has 0 atom stereocenters. The lowest BCUT2D eigenvalue weighted by atomic mass is 9.84. The van der Waals surface area contributed by atoms with Crippen LogP contribution in [0.3, 0.4) is 0 Å². The van der Waals surface area contributed by atoms with E-state index in [1.54, 1.807) is 6.08 Å². The molecule has 9 aromatic carbocycles. The second-order valence-electron chi connectivity index (χ2n) is 14.4. The Labute approximate surface area is 326 Å². The second-order valence-corrected chi connectivity index (χ2v) is 14.4. The number of rotatable bonds is 6. The third-order valence-electron chi connectivity index (χ3n) is 11.0. The van der Waals surface area contributed by atoms with Crippen molar-refractivity contribution in [2.75, 3.05) is 0 Å². The molecular weight excluding hydrogens is 677 g/mol. The lowest BCUT2D eigenvalue weighted by Gasteiger charge is -2.19. The zero-order valence-electron chi connectivity index (χ0n) is 30.9. The van der Waals surface area contributed by atoms with E-state index < -0.39 is 0 Å². The number of allylic oxidation sites excluding steroid dienone is 1. The summed E-state index contributed by atoms with van der Waals surface area (Å²) in [6.07, 6.45) is 9.45. The minimum absolute atomic E-state index is 0.923. The van der Waals surface area contributed by atoms with Crippen molar-refractivity contribution in [1.29, 1.82) is 0 Å². The van der Waals surface area contributed by atoms with Crippen molar-refractivity contribution in [3.8, 4) is 62.8 Å². The molecule has 0 saturated heterocycles. The highest BCUT2D eigenvalue weighted by Crippen LogP contribution is 2.46. The van der Waals surface area contributed by atoms with Gasteiger partial charge in [-0.2, -0.15) is 0 Å². The molecule has 2 heteroatoms. The maximum atomic E-state index is 5.64. The summed E-state index contributed by atoms with van der Waals surface area (Å²) in [6, 6.07) is 65.7. The van der Waals surface area contributed by atoms with E-state index in [1.165, 1.54) is 54.6 Å². The van der Waals surface area contributed by atoms with E-state index in [0.29, 0.717) is 0 Å². The zero-order chi connectivity index (χ0) is 37.6. The van der Waals surface area contributed by atoms with Crippen LogP contribution in [0.25, 0.3) is 99.9 Å². The number of imidazole rings is 1. The largest absolute Gasteiger partial charge is 0.292 e. The first-order chi connectivity index (χ1) is 27.6. The fraction of sp³-hybridized carbons (Fsp3) is 0.0185. The normalized spacial score (nSPS) is 11.6. The SMILES string of the molecule is C#C/C=C\c1cc(-c2c3ccccc3c(-c3ccc4ccccc4c3)c3cc(-c4ccc(-c5nc6ccccc6n5-c5ccccc5)cc4)ccc23)ccc1C. The number of para-hydroxylation sites is 3. The summed E-state index contributed by atoms with van der Waals surface area (Å²) >= 11 is 0. The Balaban J connectivity index is 1.19. The predicted molar refractivity (Wildman–Crippen MR) is 238 cm³/mol. The van der Waals surface area contributed by atoms with Crippen molar-refractivity contribution in [3.63, 3.8) is 0 Å². The third kappa shape index (κ3) is 5.66. The highest BCUT2D eigenvalue weighted by molar-refractivity contribution is 6.22. The Bertz CT molecular complexity index is 3190. The van der Waals surface area contributed by atoms with Crippen molar-refractivity contribution in [3.05, 3.63) is 199 Å². The summed E-state index contributed by atoms with van der Waals surface area (Å²) in [5.74, 6) is 3.59. The van der Waals surface area contributed by atoms with Crippen LogP contribution in [-0.4, -0.2) is 9.55 Å². The molecule has 0 bridgehead atoms. The fourth-order valence-corrected chi connectivity index (χ4v) is 8.31. The van der Waals surface area contributed by atoms with E-state index in [9.17, 15) is 0 Å². The van der Waals surface area contributed by atoms with Crippen molar-refractivity contribution in [1.82, 2.24) is 9.55 Å². The molecule has 0 radical (unpaired) electrons. The van der Waals surface area contributed by atoms with Gasteiger partial charge in [0.05, 0.1) is 11.0 Å². The van der Waals surface area contributed by atoms with Crippen LogP contribution in [0.1, 0.15) is 11.1 Å². The van der Waals surface area contributed by atoms with Gasteiger partial charge in [0.2, 0.25) is 0 Å². The van der Waals surface area contributed by atoms with Gasteiger partial charge in [0.1, 0.15) is 5.82 Å². The molecule has 10 aromatic rings. The minimum atomic E-state index is 0.923. The van der Waals surface area contributed by atoms with Crippen LogP contribution in [-0.2, 0) is 0 Å².